The Morgan fingerprint density at radius 3 is 2.36 bits per heavy atom. The average molecular weight is 309 g/mol. The van der Waals surface area contributed by atoms with Gasteiger partial charge in [-0.15, -0.1) is 0 Å². The van der Waals surface area contributed by atoms with E-state index in [0.29, 0.717) is 13.1 Å². The van der Waals surface area contributed by atoms with E-state index < -0.39 is 17.7 Å². The summed E-state index contributed by atoms with van der Waals surface area (Å²) >= 11 is 0. The largest absolute Gasteiger partial charge is 0.304 e. The normalized spacial score (nSPS) is 24.3. The van der Waals surface area contributed by atoms with Gasteiger partial charge in [0.25, 0.3) is 5.91 Å². The summed E-state index contributed by atoms with van der Waals surface area (Å²) in [5.41, 5.74) is 0.0885. The first-order chi connectivity index (χ1) is 10.5. The second-order valence-electron chi connectivity index (χ2n) is 5.72. The fraction of sp³-hybridized carbons (Fsp3) is 0.467. The first-order valence-electron chi connectivity index (χ1n) is 7.22. The summed E-state index contributed by atoms with van der Waals surface area (Å²) in [7, 11) is 2.01. The highest BCUT2D eigenvalue weighted by Crippen LogP contribution is 2.27. The summed E-state index contributed by atoms with van der Waals surface area (Å²) in [4.78, 5) is 29.8. The number of likely N-dealkylation sites (N-methyl/N-ethyl adjacent to an activating group) is 1. The van der Waals surface area contributed by atoms with Gasteiger partial charge in [-0.05, 0) is 19.2 Å². The van der Waals surface area contributed by atoms with Gasteiger partial charge in [0.1, 0.15) is 0 Å². The molecule has 7 heteroatoms. The summed E-state index contributed by atoms with van der Waals surface area (Å²) in [6, 6.07) is 2.56. The highest BCUT2D eigenvalue weighted by Gasteiger charge is 2.43. The minimum atomic E-state index is -1.07. The standard InChI is InChI=1S/C15H17F2N3O2/c1-18-4-6-19(7-5-18)13-9-14(21)20(15(13)22)10-2-3-11(16)12(17)8-10/h2-3,8,13H,4-7,9H2,1H3/t13-/m0/s1. The molecule has 0 bridgehead atoms. The van der Waals surface area contributed by atoms with Crippen molar-refractivity contribution in [1.82, 2.24) is 9.80 Å². The lowest BCUT2D eigenvalue weighted by atomic mass is 10.2. The number of halogens is 2. The Labute approximate surface area is 127 Å². The zero-order valence-corrected chi connectivity index (χ0v) is 12.3. The summed E-state index contributed by atoms with van der Waals surface area (Å²) in [6.45, 7) is 3.10. The van der Waals surface area contributed by atoms with E-state index in [4.69, 9.17) is 0 Å². The van der Waals surface area contributed by atoms with Crippen LogP contribution in [0.15, 0.2) is 18.2 Å². The van der Waals surface area contributed by atoms with Crippen LogP contribution in [0.3, 0.4) is 0 Å². The first kappa shape index (κ1) is 15.1. The van der Waals surface area contributed by atoms with Gasteiger partial charge < -0.3 is 4.90 Å². The van der Waals surface area contributed by atoms with Gasteiger partial charge in [0.2, 0.25) is 5.91 Å². The van der Waals surface area contributed by atoms with E-state index in [2.05, 4.69) is 4.90 Å². The molecule has 0 aliphatic carbocycles. The van der Waals surface area contributed by atoms with Crippen LogP contribution in [0, 0.1) is 11.6 Å². The van der Waals surface area contributed by atoms with Crippen LogP contribution in [0.4, 0.5) is 14.5 Å². The topological polar surface area (TPSA) is 43.9 Å². The number of anilines is 1. The second kappa shape index (κ2) is 5.73. The maximum atomic E-state index is 13.3. The quantitative estimate of drug-likeness (QED) is 0.760. The van der Waals surface area contributed by atoms with Crippen molar-refractivity contribution >= 4 is 17.5 Å². The number of imide groups is 1. The zero-order valence-electron chi connectivity index (χ0n) is 12.3. The van der Waals surface area contributed by atoms with Crippen LogP contribution < -0.4 is 4.90 Å². The summed E-state index contributed by atoms with van der Waals surface area (Å²) in [5.74, 6) is -2.81. The van der Waals surface area contributed by atoms with Crippen LogP contribution in [0.5, 0.6) is 0 Å². The lowest BCUT2D eigenvalue weighted by Gasteiger charge is -2.35. The number of carbonyl (C=O) groups is 2. The average Bonchev–Trinajstić information content (AvgIpc) is 2.78. The molecule has 2 heterocycles. The third-order valence-electron chi connectivity index (χ3n) is 4.26. The first-order valence-corrected chi connectivity index (χ1v) is 7.22. The lowest BCUT2D eigenvalue weighted by molar-refractivity contribution is -0.123. The van der Waals surface area contributed by atoms with E-state index in [1.807, 2.05) is 11.9 Å². The van der Waals surface area contributed by atoms with E-state index in [9.17, 15) is 18.4 Å². The number of hydrogen-bond acceptors (Lipinski definition) is 4. The second-order valence-corrected chi connectivity index (χ2v) is 5.72. The third kappa shape index (κ3) is 2.62. The fourth-order valence-corrected chi connectivity index (χ4v) is 2.93. The van der Waals surface area contributed by atoms with Crippen molar-refractivity contribution in [3.8, 4) is 0 Å². The fourth-order valence-electron chi connectivity index (χ4n) is 2.93. The molecule has 1 atom stereocenters. The van der Waals surface area contributed by atoms with Gasteiger partial charge in [0, 0.05) is 32.2 Å². The predicted molar refractivity (Wildman–Crippen MR) is 76.3 cm³/mol. The SMILES string of the molecule is CN1CCN([C@H]2CC(=O)N(c3ccc(F)c(F)c3)C2=O)CC1. The third-order valence-corrected chi connectivity index (χ3v) is 4.26. The maximum Gasteiger partial charge on any atom is 0.251 e. The minimum absolute atomic E-state index is 0.0849. The van der Waals surface area contributed by atoms with Crippen molar-refractivity contribution in [1.29, 1.82) is 0 Å². The number of amides is 2. The zero-order chi connectivity index (χ0) is 15.9. The molecule has 3 rings (SSSR count). The van der Waals surface area contributed by atoms with Crippen LogP contribution in [0.2, 0.25) is 0 Å². The Morgan fingerprint density at radius 1 is 1.05 bits per heavy atom. The van der Waals surface area contributed by atoms with Crippen molar-refractivity contribution in [2.45, 2.75) is 12.5 Å². The van der Waals surface area contributed by atoms with Crippen LogP contribution in [0.25, 0.3) is 0 Å². The van der Waals surface area contributed by atoms with Gasteiger partial charge in [-0.25, -0.2) is 13.7 Å². The molecule has 0 radical (unpaired) electrons. The monoisotopic (exact) mass is 309 g/mol. The Balaban J connectivity index is 1.80. The molecule has 0 aromatic heterocycles. The number of nitrogens with zero attached hydrogens (tertiary/aromatic N) is 3. The molecule has 2 aliphatic heterocycles. The molecular formula is C15H17F2N3O2. The lowest BCUT2D eigenvalue weighted by Crippen LogP contribution is -2.51. The number of carbonyl (C=O) groups excluding carboxylic acids is 2. The molecule has 2 saturated heterocycles. The van der Waals surface area contributed by atoms with Gasteiger partial charge in [0.15, 0.2) is 11.6 Å². The van der Waals surface area contributed by atoms with E-state index in [1.165, 1.54) is 6.07 Å². The van der Waals surface area contributed by atoms with Crippen molar-refractivity contribution in [2.24, 2.45) is 0 Å². The van der Waals surface area contributed by atoms with Crippen molar-refractivity contribution in [2.75, 3.05) is 38.1 Å². The summed E-state index contributed by atoms with van der Waals surface area (Å²) in [6.07, 6.45) is 0.0849. The Hall–Kier alpha value is -1.86. The van der Waals surface area contributed by atoms with E-state index in [0.717, 1.165) is 30.1 Å². The Kier molecular flexibility index (Phi) is 3.92. The maximum absolute atomic E-state index is 13.3. The van der Waals surface area contributed by atoms with Crippen molar-refractivity contribution in [3.05, 3.63) is 29.8 Å². The van der Waals surface area contributed by atoms with Gasteiger partial charge in [-0.3, -0.25) is 14.5 Å². The van der Waals surface area contributed by atoms with Gasteiger partial charge in [0.05, 0.1) is 18.2 Å². The predicted octanol–water partition coefficient (Wildman–Crippen LogP) is 0.844. The van der Waals surface area contributed by atoms with Crippen LogP contribution in [-0.2, 0) is 9.59 Å². The van der Waals surface area contributed by atoms with Gasteiger partial charge >= 0.3 is 0 Å². The van der Waals surface area contributed by atoms with Crippen LogP contribution in [0.1, 0.15) is 6.42 Å². The molecule has 1 aromatic rings. The number of piperazine rings is 1. The molecule has 2 amide bonds. The molecule has 0 unspecified atom stereocenters. The molecule has 1 aromatic carbocycles. The Morgan fingerprint density at radius 2 is 1.73 bits per heavy atom. The van der Waals surface area contributed by atoms with Gasteiger partial charge in [-0.1, -0.05) is 0 Å². The minimum Gasteiger partial charge on any atom is -0.304 e. The molecule has 2 aliphatic rings. The smallest absolute Gasteiger partial charge is 0.251 e. The molecule has 118 valence electrons. The van der Waals surface area contributed by atoms with Crippen LogP contribution in [-0.4, -0.2) is 60.9 Å². The highest BCUT2D eigenvalue weighted by atomic mass is 19.2. The van der Waals surface area contributed by atoms with Crippen molar-refractivity contribution in [3.63, 3.8) is 0 Å². The Bertz CT molecular complexity index is 615. The number of benzene rings is 1. The van der Waals surface area contributed by atoms with Crippen molar-refractivity contribution < 1.29 is 18.4 Å². The molecule has 2 fully saturated rings. The number of hydrogen-bond donors (Lipinski definition) is 0. The van der Waals surface area contributed by atoms with E-state index in [-0.39, 0.29) is 23.9 Å². The molecule has 22 heavy (non-hydrogen) atoms. The molecule has 0 N–H and O–H groups in total. The van der Waals surface area contributed by atoms with Crippen LogP contribution >= 0.6 is 0 Å². The highest BCUT2D eigenvalue weighted by molar-refractivity contribution is 6.22. The summed E-state index contributed by atoms with van der Waals surface area (Å²) in [5, 5.41) is 0. The van der Waals surface area contributed by atoms with E-state index >= 15 is 0 Å². The molecule has 0 spiro atoms. The number of rotatable bonds is 2. The van der Waals surface area contributed by atoms with Gasteiger partial charge in [-0.2, -0.15) is 0 Å². The molecule has 0 saturated carbocycles. The molecular weight excluding hydrogens is 292 g/mol. The van der Waals surface area contributed by atoms with E-state index in [1.54, 1.807) is 0 Å². The summed E-state index contributed by atoms with van der Waals surface area (Å²) < 4.78 is 26.3. The molecule has 5 nitrogen and oxygen atoms in total.